The van der Waals surface area contributed by atoms with Gasteiger partial charge in [0.25, 0.3) is 0 Å². The van der Waals surface area contributed by atoms with Crippen LogP contribution in [0.5, 0.6) is 0 Å². The third kappa shape index (κ3) is 3.77. The highest BCUT2D eigenvalue weighted by molar-refractivity contribution is 5.92. The quantitative estimate of drug-likeness (QED) is 0.332. The number of methoxy groups -OCH3 is 1. The second-order valence-electron chi connectivity index (χ2n) is 8.36. The lowest BCUT2D eigenvalue weighted by molar-refractivity contribution is 0.0600. The van der Waals surface area contributed by atoms with Crippen LogP contribution in [0.2, 0.25) is 0 Å². The van der Waals surface area contributed by atoms with Gasteiger partial charge in [-0.25, -0.2) is 24.7 Å². The Balaban J connectivity index is 1.58. The van der Waals surface area contributed by atoms with Gasteiger partial charge in [0.2, 0.25) is 0 Å². The average molecular weight is 457 g/mol. The van der Waals surface area contributed by atoms with Gasteiger partial charge in [-0.05, 0) is 38.0 Å². The molecule has 0 radical (unpaired) electrons. The molecule has 9 nitrogen and oxygen atoms in total. The van der Waals surface area contributed by atoms with Crippen LogP contribution in [-0.4, -0.2) is 49.7 Å². The lowest BCUT2D eigenvalue weighted by Gasteiger charge is -2.26. The van der Waals surface area contributed by atoms with Crippen LogP contribution in [0, 0.1) is 19.3 Å². The smallest absolute Gasteiger partial charge is 0.339 e. The van der Waals surface area contributed by atoms with E-state index < -0.39 is 5.97 Å². The van der Waals surface area contributed by atoms with Gasteiger partial charge in [0.05, 0.1) is 31.0 Å². The Morgan fingerprint density at radius 1 is 1.26 bits per heavy atom. The van der Waals surface area contributed by atoms with E-state index in [1.165, 1.54) is 13.3 Å². The molecule has 1 aliphatic rings. The monoisotopic (exact) mass is 456 g/mol. The third-order valence-corrected chi connectivity index (χ3v) is 6.12. The van der Waals surface area contributed by atoms with E-state index in [1.807, 2.05) is 16.7 Å². The number of aryl methyl sites for hydroxylation is 1. The van der Waals surface area contributed by atoms with Gasteiger partial charge in [-0.1, -0.05) is 5.92 Å². The molecule has 0 spiro atoms. The van der Waals surface area contributed by atoms with Crippen molar-refractivity contribution in [1.29, 1.82) is 0 Å². The summed E-state index contributed by atoms with van der Waals surface area (Å²) in [5.41, 5.74) is 3.07. The van der Waals surface area contributed by atoms with Gasteiger partial charge in [-0.2, -0.15) is 0 Å². The van der Waals surface area contributed by atoms with E-state index in [0.29, 0.717) is 41.0 Å². The van der Waals surface area contributed by atoms with Crippen LogP contribution in [0.3, 0.4) is 0 Å². The number of carbonyl (C=O) groups excluding carboxylic acids is 1. The molecular formula is C25H24N6O3. The summed E-state index contributed by atoms with van der Waals surface area (Å²) >= 11 is 0. The zero-order chi connectivity index (χ0) is 23.8. The predicted molar refractivity (Wildman–Crippen MR) is 126 cm³/mol. The first-order chi connectivity index (χ1) is 16.5. The molecule has 0 bridgehead atoms. The molecule has 172 valence electrons. The van der Waals surface area contributed by atoms with Crippen molar-refractivity contribution in [1.82, 2.24) is 24.5 Å². The van der Waals surface area contributed by atoms with Gasteiger partial charge in [-0.3, -0.25) is 0 Å². The van der Waals surface area contributed by atoms with Gasteiger partial charge in [-0.15, -0.1) is 6.42 Å². The molecule has 0 aliphatic carbocycles. The maximum absolute atomic E-state index is 12.0. The van der Waals surface area contributed by atoms with Gasteiger partial charge in [0, 0.05) is 30.9 Å². The standard InChI is InChI=1S/C25H24N6O3/c1-5-20-8-6-15(2)31(20)22-9-7-17(11-26-22)23-29-21-10-18(25(32)33-4)12-27-24(21)30(23)13-19-14-34-16(3)28-19/h1,7,9-12,14-15,20H,6,8,13H2,2-4H3/t15-,20-/m0/s1. The first-order valence-electron chi connectivity index (χ1n) is 11.0. The van der Waals surface area contributed by atoms with Gasteiger partial charge < -0.3 is 18.6 Å². The first-order valence-corrected chi connectivity index (χ1v) is 11.0. The number of imidazole rings is 1. The number of terminal acetylenes is 1. The van der Waals surface area contributed by atoms with E-state index in [-0.39, 0.29) is 6.04 Å². The zero-order valence-electron chi connectivity index (χ0n) is 19.2. The van der Waals surface area contributed by atoms with Crippen molar-refractivity contribution in [2.75, 3.05) is 12.0 Å². The van der Waals surface area contributed by atoms with Crippen molar-refractivity contribution in [2.24, 2.45) is 0 Å². The van der Waals surface area contributed by atoms with Crippen molar-refractivity contribution in [2.45, 2.75) is 45.3 Å². The number of hydrogen-bond donors (Lipinski definition) is 0. The summed E-state index contributed by atoms with van der Waals surface area (Å²) in [4.78, 5) is 32.6. The number of nitrogens with zero attached hydrogens (tertiary/aromatic N) is 6. The largest absolute Gasteiger partial charge is 0.465 e. The highest BCUT2D eigenvalue weighted by Gasteiger charge is 2.30. The van der Waals surface area contributed by atoms with E-state index in [9.17, 15) is 4.79 Å². The molecule has 0 N–H and O–H groups in total. The minimum atomic E-state index is -0.466. The second-order valence-corrected chi connectivity index (χ2v) is 8.36. The number of pyridine rings is 2. The summed E-state index contributed by atoms with van der Waals surface area (Å²) in [6.07, 6.45) is 12.6. The molecule has 1 saturated heterocycles. The van der Waals surface area contributed by atoms with Gasteiger partial charge in [0.1, 0.15) is 23.4 Å². The Hall–Kier alpha value is -4.19. The Kier molecular flexibility index (Phi) is 5.49. The minimum absolute atomic E-state index is 0.0503. The molecule has 0 unspecified atom stereocenters. The number of aromatic nitrogens is 5. The van der Waals surface area contributed by atoms with Crippen molar-refractivity contribution < 1.29 is 13.9 Å². The average Bonchev–Trinajstić information content (AvgIpc) is 3.55. The van der Waals surface area contributed by atoms with Crippen LogP contribution >= 0.6 is 0 Å². The number of carbonyl (C=O) groups is 1. The Labute approximate surface area is 196 Å². The van der Waals surface area contributed by atoms with E-state index in [1.54, 1.807) is 25.5 Å². The molecular weight excluding hydrogens is 432 g/mol. The van der Waals surface area contributed by atoms with Crippen LogP contribution in [-0.2, 0) is 11.3 Å². The summed E-state index contributed by atoms with van der Waals surface area (Å²) < 4.78 is 12.1. The summed E-state index contributed by atoms with van der Waals surface area (Å²) in [7, 11) is 1.34. The Morgan fingerprint density at radius 3 is 2.79 bits per heavy atom. The lowest BCUT2D eigenvalue weighted by atomic mass is 10.2. The topological polar surface area (TPSA) is 99.2 Å². The van der Waals surface area contributed by atoms with E-state index >= 15 is 0 Å². The van der Waals surface area contributed by atoms with Crippen molar-refractivity contribution >= 4 is 23.0 Å². The molecule has 2 atom stereocenters. The fraction of sp³-hybridized carbons (Fsp3) is 0.320. The van der Waals surface area contributed by atoms with Gasteiger partial charge in [0.15, 0.2) is 11.5 Å². The number of rotatable bonds is 5. The highest BCUT2D eigenvalue weighted by atomic mass is 16.5. The third-order valence-electron chi connectivity index (χ3n) is 6.12. The van der Waals surface area contributed by atoms with Crippen LogP contribution in [0.4, 0.5) is 5.82 Å². The number of oxazole rings is 1. The van der Waals surface area contributed by atoms with Crippen LogP contribution < -0.4 is 4.90 Å². The maximum atomic E-state index is 12.0. The number of anilines is 1. The Morgan fingerprint density at radius 2 is 2.12 bits per heavy atom. The van der Waals surface area contributed by atoms with Gasteiger partial charge >= 0.3 is 5.97 Å². The summed E-state index contributed by atoms with van der Waals surface area (Å²) in [6, 6.07) is 6.01. The van der Waals surface area contributed by atoms with E-state index in [4.69, 9.17) is 25.5 Å². The molecule has 9 heteroatoms. The lowest BCUT2D eigenvalue weighted by Crippen LogP contribution is -2.34. The number of esters is 1. The fourth-order valence-corrected chi connectivity index (χ4v) is 4.46. The molecule has 4 aromatic heterocycles. The fourth-order valence-electron chi connectivity index (χ4n) is 4.46. The van der Waals surface area contributed by atoms with Crippen LogP contribution in [0.25, 0.3) is 22.6 Å². The molecule has 34 heavy (non-hydrogen) atoms. The number of fused-ring (bicyclic) bond motifs is 1. The van der Waals surface area contributed by atoms with Crippen LogP contribution in [0.1, 0.15) is 41.7 Å². The molecule has 0 aromatic carbocycles. The maximum Gasteiger partial charge on any atom is 0.339 e. The highest BCUT2D eigenvalue weighted by Crippen LogP contribution is 2.31. The molecule has 5 heterocycles. The normalized spacial score (nSPS) is 17.8. The summed E-state index contributed by atoms with van der Waals surface area (Å²) in [6.45, 7) is 4.36. The number of hydrogen-bond acceptors (Lipinski definition) is 8. The SMILES string of the molecule is C#C[C@H]1CC[C@H](C)N1c1ccc(-c2nc3cc(C(=O)OC)cnc3n2Cc2coc(C)n2)cn1. The van der Waals surface area contributed by atoms with Crippen molar-refractivity contribution in [3.8, 4) is 23.7 Å². The second kappa shape index (κ2) is 8.63. The summed E-state index contributed by atoms with van der Waals surface area (Å²) in [5.74, 6) is 4.49. The van der Waals surface area contributed by atoms with E-state index in [0.717, 1.165) is 29.9 Å². The molecule has 1 aliphatic heterocycles. The van der Waals surface area contributed by atoms with Crippen LogP contribution in [0.15, 0.2) is 41.3 Å². The molecule has 5 rings (SSSR count). The van der Waals surface area contributed by atoms with Crippen molar-refractivity contribution in [3.05, 3.63) is 54.0 Å². The van der Waals surface area contributed by atoms with E-state index in [2.05, 4.69) is 27.7 Å². The molecule has 0 amide bonds. The number of ether oxygens (including phenoxy) is 1. The minimum Gasteiger partial charge on any atom is -0.465 e. The van der Waals surface area contributed by atoms with Crippen molar-refractivity contribution in [3.63, 3.8) is 0 Å². The Bertz CT molecular complexity index is 1400. The predicted octanol–water partition coefficient (Wildman–Crippen LogP) is 3.62. The molecule has 1 fully saturated rings. The molecule has 0 saturated carbocycles. The summed E-state index contributed by atoms with van der Waals surface area (Å²) in [5, 5.41) is 0. The zero-order valence-corrected chi connectivity index (χ0v) is 19.2. The first kappa shape index (κ1) is 21.6. The molecule has 4 aromatic rings.